The van der Waals surface area contributed by atoms with Crippen LogP contribution in [0.4, 0.5) is 0 Å². The Bertz CT molecular complexity index is 863. The van der Waals surface area contributed by atoms with Crippen molar-refractivity contribution in [2.75, 3.05) is 6.54 Å². The van der Waals surface area contributed by atoms with Crippen LogP contribution in [0.5, 0.6) is 5.75 Å². The molecule has 25 heavy (non-hydrogen) atoms. The average Bonchev–Trinajstić information content (AvgIpc) is 3.13. The van der Waals surface area contributed by atoms with E-state index in [0.717, 1.165) is 0 Å². The van der Waals surface area contributed by atoms with E-state index < -0.39 is 0 Å². The fraction of sp³-hybridized carbons (Fsp3) is 0.176. The highest BCUT2D eigenvalue weighted by Gasteiger charge is 2.30. The van der Waals surface area contributed by atoms with Gasteiger partial charge in [-0.25, -0.2) is 0 Å². The first-order valence-corrected chi connectivity index (χ1v) is 9.38. The number of amides is 1. The summed E-state index contributed by atoms with van der Waals surface area (Å²) in [5, 5.41) is 0.899. The second-order valence-corrected chi connectivity index (χ2v) is 7.58. The molecule has 0 N–H and O–H groups in total. The first-order chi connectivity index (χ1) is 12.0. The predicted octanol–water partition coefficient (Wildman–Crippen LogP) is 5.39. The van der Waals surface area contributed by atoms with Gasteiger partial charge in [-0.15, -0.1) is 0 Å². The molecule has 1 aliphatic heterocycles. The Hall–Kier alpha value is -1.47. The summed E-state index contributed by atoms with van der Waals surface area (Å²) in [6, 6.07) is 8.62. The molecule has 2 heterocycles. The van der Waals surface area contributed by atoms with E-state index in [0.29, 0.717) is 43.1 Å². The molecule has 8 heteroatoms. The average molecular weight is 414 g/mol. The van der Waals surface area contributed by atoms with Crippen molar-refractivity contribution < 1.29 is 13.9 Å². The van der Waals surface area contributed by atoms with Gasteiger partial charge < -0.3 is 9.15 Å². The molecule has 3 rings (SSSR count). The first-order valence-electron chi connectivity index (χ1n) is 7.40. The number of furan rings is 1. The molecule has 0 aliphatic carbocycles. The Morgan fingerprint density at radius 1 is 1.28 bits per heavy atom. The van der Waals surface area contributed by atoms with Gasteiger partial charge in [0, 0.05) is 18.7 Å². The SMILES string of the molecule is CCN1C(=O)/C(=C\c2ccc(COc3ccc(Cl)c(Cl)c3)o2)SC1=S. The van der Waals surface area contributed by atoms with Crippen molar-refractivity contribution in [2.45, 2.75) is 13.5 Å². The standard InChI is InChI=1S/C17H13Cl2NO3S2/c1-2-20-16(21)15(25-17(20)24)8-11-3-4-12(23-11)9-22-10-5-6-13(18)14(19)7-10/h3-8H,2,9H2,1H3/b15-8+. The number of ether oxygens (including phenoxy) is 1. The molecule has 0 unspecified atom stereocenters. The van der Waals surface area contributed by atoms with E-state index in [1.165, 1.54) is 11.8 Å². The zero-order valence-corrected chi connectivity index (χ0v) is 16.3. The topological polar surface area (TPSA) is 42.7 Å². The Morgan fingerprint density at radius 2 is 2.08 bits per heavy atom. The summed E-state index contributed by atoms with van der Waals surface area (Å²) in [4.78, 5) is 14.3. The van der Waals surface area contributed by atoms with Gasteiger partial charge in [-0.05, 0) is 31.2 Å². The summed E-state index contributed by atoms with van der Waals surface area (Å²) in [5.41, 5.74) is 0. The third kappa shape index (κ3) is 4.20. The molecule has 1 aliphatic rings. The highest BCUT2D eigenvalue weighted by Crippen LogP contribution is 2.32. The normalized spacial score (nSPS) is 16.1. The van der Waals surface area contributed by atoms with Crippen LogP contribution in [0.25, 0.3) is 6.08 Å². The van der Waals surface area contributed by atoms with Gasteiger partial charge in [0.1, 0.15) is 28.2 Å². The third-order valence-corrected chi connectivity index (χ3v) is 5.53. The van der Waals surface area contributed by atoms with Gasteiger partial charge in [-0.2, -0.15) is 0 Å². The van der Waals surface area contributed by atoms with Gasteiger partial charge in [0.2, 0.25) is 0 Å². The summed E-state index contributed by atoms with van der Waals surface area (Å²) in [7, 11) is 0. The van der Waals surface area contributed by atoms with Crippen LogP contribution in [-0.4, -0.2) is 21.7 Å². The van der Waals surface area contributed by atoms with E-state index in [-0.39, 0.29) is 12.5 Å². The number of halogens is 2. The fourth-order valence-corrected chi connectivity index (χ4v) is 3.82. The van der Waals surface area contributed by atoms with Gasteiger partial charge in [0.05, 0.1) is 15.0 Å². The molecule has 1 aromatic heterocycles. The molecule has 4 nitrogen and oxygen atoms in total. The minimum Gasteiger partial charge on any atom is -0.486 e. The van der Waals surface area contributed by atoms with E-state index in [1.807, 2.05) is 6.92 Å². The highest BCUT2D eigenvalue weighted by molar-refractivity contribution is 8.26. The van der Waals surface area contributed by atoms with Gasteiger partial charge >= 0.3 is 0 Å². The smallest absolute Gasteiger partial charge is 0.266 e. The summed E-state index contributed by atoms with van der Waals surface area (Å²) in [6.45, 7) is 2.68. The van der Waals surface area contributed by atoms with E-state index in [1.54, 1.807) is 41.3 Å². The number of carbonyl (C=O) groups excluding carboxylic acids is 1. The lowest BCUT2D eigenvalue weighted by Crippen LogP contribution is -2.27. The summed E-state index contributed by atoms with van der Waals surface area (Å²) >= 11 is 18.3. The lowest BCUT2D eigenvalue weighted by Gasteiger charge is -2.09. The van der Waals surface area contributed by atoms with Crippen LogP contribution in [0.2, 0.25) is 10.0 Å². The Kier molecular flexibility index (Phi) is 5.74. The largest absolute Gasteiger partial charge is 0.486 e. The van der Waals surface area contributed by atoms with Crippen LogP contribution < -0.4 is 4.74 Å². The molecule has 1 aromatic carbocycles. The van der Waals surface area contributed by atoms with Crippen LogP contribution >= 0.6 is 47.2 Å². The number of hydrogen-bond donors (Lipinski definition) is 0. The number of thiocarbonyl (C=S) groups is 1. The van der Waals surface area contributed by atoms with Crippen molar-refractivity contribution in [2.24, 2.45) is 0 Å². The Labute approximate surface area is 164 Å². The van der Waals surface area contributed by atoms with Gasteiger partial charge in [0.25, 0.3) is 5.91 Å². The van der Waals surface area contributed by atoms with Crippen LogP contribution in [0.15, 0.2) is 39.7 Å². The highest BCUT2D eigenvalue weighted by atomic mass is 35.5. The van der Waals surface area contributed by atoms with Crippen molar-refractivity contribution in [3.63, 3.8) is 0 Å². The minimum atomic E-state index is -0.0949. The third-order valence-electron chi connectivity index (χ3n) is 3.42. The second-order valence-electron chi connectivity index (χ2n) is 5.09. The maximum atomic E-state index is 12.2. The summed E-state index contributed by atoms with van der Waals surface area (Å²) in [5.74, 6) is 1.70. The number of benzene rings is 1. The molecule has 0 bridgehead atoms. The molecule has 130 valence electrons. The number of carbonyl (C=O) groups is 1. The molecule has 1 amide bonds. The maximum Gasteiger partial charge on any atom is 0.266 e. The molecule has 0 spiro atoms. The van der Waals surface area contributed by atoms with Crippen LogP contribution in [0.1, 0.15) is 18.4 Å². The first kappa shape index (κ1) is 18.3. The molecule has 2 aromatic rings. The quantitative estimate of drug-likeness (QED) is 0.485. The predicted molar refractivity (Wildman–Crippen MR) is 105 cm³/mol. The van der Waals surface area contributed by atoms with E-state index in [9.17, 15) is 4.79 Å². The van der Waals surface area contributed by atoms with Gasteiger partial charge in [-0.3, -0.25) is 9.69 Å². The van der Waals surface area contributed by atoms with Crippen LogP contribution in [0.3, 0.4) is 0 Å². The van der Waals surface area contributed by atoms with Gasteiger partial charge in [0.15, 0.2) is 0 Å². The van der Waals surface area contributed by atoms with Crippen LogP contribution in [0, 0.1) is 0 Å². The molecule has 0 saturated carbocycles. The number of thioether (sulfide) groups is 1. The van der Waals surface area contributed by atoms with Crippen molar-refractivity contribution in [3.05, 3.63) is 56.8 Å². The molecule has 1 fully saturated rings. The fourth-order valence-electron chi connectivity index (χ4n) is 2.17. The molecular formula is C17H13Cl2NO3S2. The van der Waals surface area contributed by atoms with Crippen molar-refractivity contribution >= 4 is 63.5 Å². The van der Waals surface area contributed by atoms with Crippen molar-refractivity contribution in [1.29, 1.82) is 0 Å². The molecular weight excluding hydrogens is 401 g/mol. The molecule has 0 atom stereocenters. The second kappa shape index (κ2) is 7.83. The summed E-state index contributed by atoms with van der Waals surface area (Å²) < 4.78 is 11.9. The number of rotatable bonds is 5. The Morgan fingerprint density at radius 3 is 2.76 bits per heavy atom. The van der Waals surface area contributed by atoms with E-state index in [4.69, 9.17) is 44.6 Å². The zero-order chi connectivity index (χ0) is 18.0. The van der Waals surface area contributed by atoms with Gasteiger partial charge in [-0.1, -0.05) is 47.2 Å². The maximum absolute atomic E-state index is 12.2. The minimum absolute atomic E-state index is 0.0949. The monoisotopic (exact) mass is 413 g/mol. The number of nitrogens with zero attached hydrogens (tertiary/aromatic N) is 1. The van der Waals surface area contributed by atoms with Crippen molar-refractivity contribution in [1.82, 2.24) is 4.90 Å². The molecule has 1 saturated heterocycles. The van der Waals surface area contributed by atoms with E-state index in [2.05, 4.69) is 0 Å². The number of likely N-dealkylation sites (N-methyl/N-ethyl adjacent to an activating group) is 1. The molecule has 0 radical (unpaired) electrons. The lowest BCUT2D eigenvalue weighted by atomic mass is 10.3. The number of hydrogen-bond acceptors (Lipinski definition) is 5. The Balaban J connectivity index is 1.66. The lowest BCUT2D eigenvalue weighted by molar-refractivity contribution is -0.121. The van der Waals surface area contributed by atoms with E-state index >= 15 is 0 Å². The van der Waals surface area contributed by atoms with Crippen molar-refractivity contribution in [3.8, 4) is 5.75 Å². The van der Waals surface area contributed by atoms with Crippen LogP contribution in [-0.2, 0) is 11.4 Å². The summed E-state index contributed by atoms with van der Waals surface area (Å²) in [6.07, 6.45) is 1.69. The zero-order valence-electron chi connectivity index (χ0n) is 13.1.